The molecular formula is C31H30N6S. The van der Waals surface area contributed by atoms with Crippen LogP contribution in [-0.2, 0) is 0 Å². The van der Waals surface area contributed by atoms with E-state index in [1.54, 1.807) is 11.3 Å². The van der Waals surface area contributed by atoms with Crippen LogP contribution in [0.2, 0.25) is 0 Å². The van der Waals surface area contributed by atoms with E-state index < -0.39 is 0 Å². The van der Waals surface area contributed by atoms with E-state index in [9.17, 15) is 0 Å². The molecule has 0 saturated heterocycles. The summed E-state index contributed by atoms with van der Waals surface area (Å²) in [6.45, 7) is 14.3. The van der Waals surface area contributed by atoms with Gasteiger partial charge in [-0.1, -0.05) is 52.0 Å². The predicted molar refractivity (Wildman–Crippen MR) is 163 cm³/mol. The van der Waals surface area contributed by atoms with Crippen LogP contribution in [0.3, 0.4) is 0 Å². The maximum atomic E-state index is 4.94. The lowest BCUT2D eigenvalue weighted by Gasteiger charge is -2.09. The van der Waals surface area contributed by atoms with Gasteiger partial charge < -0.3 is 9.97 Å². The van der Waals surface area contributed by atoms with Crippen LogP contribution in [-0.4, -0.2) is 32.9 Å². The molecule has 0 aliphatic rings. The Morgan fingerprint density at radius 3 is 2.39 bits per heavy atom. The average molecular weight is 519 g/mol. The van der Waals surface area contributed by atoms with E-state index >= 15 is 0 Å². The standard InChI is InChI=1S/C31H30N6S/c1-7-33-26-22-12-19(10-11-21(22)27-29(28(26)32-6)37-31(36-27)17(4)5)25-14-20-9-8-18(13-24(20)38-25)23-15-34-30(35-23)16(2)3/h7-17H,6H2,1-5H3,(H,34,35)(H,36,37). The number of rotatable bonds is 6. The summed E-state index contributed by atoms with van der Waals surface area (Å²) in [5, 5.41) is 3.31. The molecule has 7 heteroatoms. The van der Waals surface area contributed by atoms with Gasteiger partial charge in [0.25, 0.3) is 0 Å². The molecule has 0 radical (unpaired) electrons. The van der Waals surface area contributed by atoms with E-state index in [1.807, 2.05) is 19.3 Å². The molecule has 38 heavy (non-hydrogen) atoms. The molecule has 0 fully saturated rings. The van der Waals surface area contributed by atoms with Crippen LogP contribution in [0.4, 0.5) is 11.4 Å². The minimum atomic E-state index is 0.273. The van der Waals surface area contributed by atoms with Crippen molar-refractivity contribution in [2.24, 2.45) is 9.98 Å². The molecule has 0 atom stereocenters. The molecule has 0 aliphatic carbocycles. The van der Waals surface area contributed by atoms with Crippen LogP contribution in [0.5, 0.6) is 0 Å². The first-order valence-electron chi connectivity index (χ1n) is 12.9. The Kier molecular flexibility index (Phi) is 5.95. The molecule has 0 saturated carbocycles. The lowest BCUT2D eigenvalue weighted by Crippen LogP contribution is -1.89. The highest BCUT2D eigenvalue weighted by atomic mass is 32.1. The third kappa shape index (κ3) is 3.94. The molecule has 6 nitrogen and oxygen atoms in total. The number of aromatic amines is 2. The topological polar surface area (TPSA) is 82.1 Å². The summed E-state index contributed by atoms with van der Waals surface area (Å²) in [7, 11) is 0. The molecule has 0 amide bonds. The number of hydrogen-bond acceptors (Lipinski definition) is 5. The number of imidazole rings is 2. The molecule has 3 aromatic heterocycles. The van der Waals surface area contributed by atoms with Gasteiger partial charge in [-0.05, 0) is 42.8 Å². The lowest BCUT2D eigenvalue weighted by atomic mass is 10.0. The van der Waals surface area contributed by atoms with Crippen molar-refractivity contribution in [3.8, 4) is 21.7 Å². The first-order valence-corrected chi connectivity index (χ1v) is 13.7. The molecule has 0 aliphatic heterocycles. The number of H-pyrrole nitrogens is 2. The Hall–Kier alpha value is -4.10. The zero-order valence-electron chi connectivity index (χ0n) is 22.3. The van der Waals surface area contributed by atoms with E-state index in [0.29, 0.717) is 5.92 Å². The van der Waals surface area contributed by atoms with E-state index in [4.69, 9.17) is 9.98 Å². The van der Waals surface area contributed by atoms with Crippen molar-refractivity contribution in [3.05, 3.63) is 60.3 Å². The largest absolute Gasteiger partial charge is 0.342 e. The van der Waals surface area contributed by atoms with Crippen LogP contribution < -0.4 is 0 Å². The number of benzene rings is 3. The van der Waals surface area contributed by atoms with Crippen LogP contribution in [0, 0.1) is 0 Å². The minimum Gasteiger partial charge on any atom is -0.342 e. The molecule has 0 unspecified atom stereocenters. The second-order valence-electron chi connectivity index (χ2n) is 10.2. The maximum Gasteiger partial charge on any atom is 0.114 e. The van der Waals surface area contributed by atoms with Crippen LogP contribution in [0.1, 0.15) is 58.1 Å². The zero-order chi connectivity index (χ0) is 26.6. The smallest absolute Gasteiger partial charge is 0.114 e. The highest BCUT2D eigenvalue weighted by Gasteiger charge is 2.19. The first-order chi connectivity index (χ1) is 18.4. The summed E-state index contributed by atoms with van der Waals surface area (Å²) in [6.07, 6.45) is 3.73. The Bertz CT molecular complexity index is 1860. The van der Waals surface area contributed by atoms with Gasteiger partial charge in [-0.15, -0.1) is 11.3 Å². The monoisotopic (exact) mass is 518 g/mol. The third-order valence-electron chi connectivity index (χ3n) is 6.93. The van der Waals surface area contributed by atoms with Crippen molar-refractivity contribution in [1.29, 1.82) is 0 Å². The quantitative estimate of drug-likeness (QED) is 0.215. The van der Waals surface area contributed by atoms with Gasteiger partial charge in [0.15, 0.2) is 0 Å². The van der Waals surface area contributed by atoms with Gasteiger partial charge in [0.05, 0.1) is 28.6 Å². The van der Waals surface area contributed by atoms with Crippen LogP contribution in [0.15, 0.2) is 58.6 Å². The van der Waals surface area contributed by atoms with Gasteiger partial charge in [0, 0.05) is 44.0 Å². The Morgan fingerprint density at radius 1 is 0.895 bits per heavy atom. The summed E-state index contributed by atoms with van der Waals surface area (Å²) in [5.74, 6) is 2.58. The van der Waals surface area contributed by atoms with Crippen molar-refractivity contribution >= 4 is 67.5 Å². The lowest BCUT2D eigenvalue weighted by molar-refractivity contribution is 0.795. The number of nitrogens with zero attached hydrogens (tertiary/aromatic N) is 4. The Morgan fingerprint density at radius 2 is 1.68 bits per heavy atom. The Balaban J connectivity index is 1.50. The van der Waals surface area contributed by atoms with E-state index in [0.717, 1.165) is 61.7 Å². The van der Waals surface area contributed by atoms with E-state index in [2.05, 4.69) is 96.8 Å². The molecular weight excluding hydrogens is 488 g/mol. The van der Waals surface area contributed by atoms with Gasteiger partial charge in [0.2, 0.25) is 0 Å². The van der Waals surface area contributed by atoms with Crippen molar-refractivity contribution < 1.29 is 0 Å². The molecule has 0 spiro atoms. The molecule has 3 aromatic carbocycles. The molecule has 190 valence electrons. The number of nitrogens with one attached hydrogen (secondary N) is 2. The SMILES string of the molecule is C=Nc1c(N=CC)c2cc(-c3cc4ccc(-c5cnc(C(C)C)[nH]5)cc4s3)ccc2c2nc(C(C)C)[nH]c12. The first kappa shape index (κ1) is 24.2. The van der Waals surface area contributed by atoms with Crippen LogP contribution in [0.25, 0.3) is 53.6 Å². The van der Waals surface area contributed by atoms with Gasteiger partial charge in [-0.2, -0.15) is 0 Å². The van der Waals surface area contributed by atoms with Crippen molar-refractivity contribution in [3.63, 3.8) is 0 Å². The van der Waals surface area contributed by atoms with Crippen molar-refractivity contribution in [2.75, 3.05) is 0 Å². The summed E-state index contributed by atoms with van der Waals surface area (Å²) in [5.41, 5.74) is 6.69. The Labute approximate surface area is 225 Å². The second kappa shape index (κ2) is 9.33. The number of hydrogen-bond donors (Lipinski definition) is 2. The molecule has 2 N–H and O–H groups in total. The highest BCUT2D eigenvalue weighted by molar-refractivity contribution is 7.22. The third-order valence-corrected chi connectivity index (χ3v) is 8.08. The summed E-state index contributed by atoms with van der Waals surface area (Å²) in [4.78, 5) is 26.7. The highest BCUT2D eigenvalue weighted by Crippen LogP contribution is 2.45. The van der Waals surface area contributed by atoms with Crippen molar-refractivity contribution in [2.45, 2.75) is 46.5 Å². The maximum absolute atomic E-state index is 4.94. The summed E-state index contributed by atoms with van der Waals surface area (Å²) < 4.78 is 1.24. The van der Waals surface area contributed by atoms with Gasteiger partial charge in [0.1, 0.15) is 17.3 Å². The molecule has 6 rings (SSSR count). The average Bonchev–Trinajstić information content (AvgIpc) is 3.66. The van der Waals surface area contributed by atoms with Gasteiger partial charge in [-0.25, -0.2) is 9.97 Å². The minimum absolute atomic E-state index is 0.273. The number of thiophene rings is 1. The van der Waals surface area contributed by atoms with Gasteiger partial charge in [-0.3, -0.25) is 9.98 Å². The predicted octanol–water partition coefficient (Wildman–Crippen LogP) is 9.29. The molecule has 6 aromatic rings. The summed E-state index contributed by atoms with van der Waals surface area (Å²) in [6, 6.07) is 15.4. The van der Waals surface area contributed by atoms with E-state index in [-0.39, 0.29) is 5.92 Å². The summed E-state index contributed by atoms with van der Waals surface area (Å²) >= 11 is 1.79. The van der Waals surface area contributed by atoms with Crippen molar-refractivity contribution in [1.82, 2.24) is 19.9 Å². The number of fused-ring (bicyclic) bond motifs is 4. The normalized spacial score (nSPS) is 12.3. The second-order valence-corrected chi connectivity index (χ2v) is 11.3. The number of aromatic nitrogens is 4. The fourth-order valence-corrected chi connectivity index (χ4v) is 6.01. The number of aliphatic imine (C=N–C) groups is 2. The van der Waals surface area contributed by atoms with Gasteiger partial charge >= 0.3 is 0 Å². The van der Waals surface area contributed by atoms with E-state index in [1.165, 1.54) is 15.0 Å². The molecule has 0 bridgehead atoms. The zero-order valence-corrected chi connectivity index (χ0v) is 23.1. The molecule has 3 heterocycles. The fourth-order valence-electron chi connectivity index (χ4n) is 4.91. The fraction of sp³-hybridized carbons (Fsp3) is 0.226. The van der Waals surface area contributed by atoms with Crippen LogP contribution >= 0.6 is 11.3 Å².